The molecule has 5 nitrogen and oxygen atoms in total. The molecule has 1 saturated heterocycles. The minimum Gasteiger partial charge on any atom is -0.504 e. The van der Waals surface area contributed by atoms with Crippen LogP contribution in [-0.2, 0) is 11.3 Å². The monoisotopic (exact) mass is 265 g/mol. The molecule has 2 N–H and O–H groups in total. The van der Waals surface area contributed by atoms with E-state index < -0.39 is 12.0 Å². The van der Waals surface area contributed by atoms with Crippen LogP contribution < -0.4 is 4.74 Å². The van der Waals surface area contributed by atoms with Crippen LogP contribution in [0.3, 0.4) is 0 Å². The first kappa shape index (κ1) is 13.7. The van der Waals surface area contributed by atoms with Gasteiger partial charge in [-0.3, -0.25) is 9.69 Å². The molecule has 0 aromatic heterocycles. The number of aliphatic carboxylic acids is 1. The third kappa shape index (κ3) is 2.81. The van der Waals surface area contributed by atoms with E-state index in [1.807, 2.05) is 17.9 Å². The van der Waals surface area contributed by atoms with Crippen molar-refractivity contribution in [1.29, 1.82) is 0 Å². The number of hydrogen-bond acceptors (Lipinski definition) is 4. The fourth-order valence-electron chi connectivity index (χ4n) is 2.67. The molecule has 2 rings (SSSR count). The highest BCUT2D eigenvalue weighted by molar-refractivity contribution is 5.74. The molecule has 1 aliphatic rings. The smallest absolute Gasteiger partial charge is 0.321 e. The summed E-state index contributed by atoms with van der Waals surface area (Å²) in [4.78, 5) is 13.2. The van der Waals surface area contributed by atoms with Crippen molar-refractivity contribution in [2.45, 2.75) is 25.9 Å². The number of methoxy groups -OCH3 is 1. The summed E-state index contributed by atoms with van der Waals surface area (Å²) in [5.74, 6) is -0.112. The van der Waals surface area contributed by atoms with Gasteiger partial charge in [-0.25, -0.2) is 0 Å². The van der Waals surface area contributed by atoms with E-state index in [1.54, 1.807) is 12.1 Å². The Morgan fingerprint density at radius 1 is 1.53 bits per heavy atom. The Kier molecular flexibility index (Phi) is 3.95. The van der Waals surface area contributed by atoms with E-state index in [0.29, 0.717) is 12.3 Å². The standard InChI is InChI=1S/C14H19NO4/c1-9-5-6-15(13(9)14(17)18)8-10-3-4-12(19-2)11(16)7-10/h3-4,7,9,13,16H,5-6,8H2,1-2H3,(H,17,18). The predicted octanol–water partition coefficient (Wildman–Crippen LogP) is 1.70. The summed E-state index contributed by atoms with van der Waals surface area (Å²) in [5, 5.41) is 19.0. The van der Waals surface area contributed by atoms with Crippen LogP contribution in [0.1, 0.15) is 18.9 Å². The molecule has 104 valence electrons. The van der Waals surface area contributed by atoms with Crippen LogP contribution in [-0.4, -0.2) is 40.8 Å². The zero-order chi connectivity index (χ0) is 14.0. The van der Waals surface area contributed by atoms with Gasteiger partial charge in [0.1, 0.15) is 6.04 Å². The molecule has 0 radical (unpaired) electrons. The second kappa shape index (κ2) is 5.48. The molecule has 1 fully saturated rings. The number of aromatic hydroxyl groups is 1. The van der Waals surface area contributed by atoms with Crippen LogP contribution in [0.5, 0.6) is 11.5 Å². The summed E-state index contributed by atoms with van der Waals surface area (Å²) >= 11 is 0. The van der Waals surface area contributed by atoms with Crippen molar-refractivity contribution < 1.29 is 19.7 Å². The van der Waals surface area contributed by atoms with Gasteiger partial charge in [0, 0.05) is 6.54 Å². The molecule has 5 heteroatoms. The lowest BCUT2D eigenvalue weighted by Crippen LogP contribution is -2.38. The van der Waals surface area contributed by atoms with Crippen LogP contribution >= 0.6 is 0 Å². The van der Waals surface area contributed by atoms with Crippen molar-refractivity contribution in [2.24, 2.45) is 5.92 Å². The molecule has 2 atom stereocenters. The Morgan fingerprint density at radius 3 is 2.84 bits per heavy atom. The predicted molar refractivity (Wildman–Crippen MR) is 70.3 cm³/mol. The summed E-state index contributed by atoms with van der Waals surface area (Å²) in [7, 11) is 1.50. The summed E-state index contributed by atoms with van der Waals surface area (Å²) in [6.45, 7) is 3.26. The van der Waals surface area contributed by atoms with Crippen LogP contribution in [0, 0.1) is 5.92 Å². The van der Waals surface area contributed by atoms with Crippen LogP contribution in [0.15, 0.2) is 18.2 Å². The number of nitrogens with zero attached hydrogens (tertiary/aromatic N) is 1. The third-order valence-corrected chi connectivity index (χ3v) is 3.69. The van der Waals surface area contributed by atoms with Gasteiger partial charge in [0.25, 0.3) is 0 Å². The maximum atomic E-state index is 11.3. The zero-order valence-corrected chi connectivity index (χ0v) is 11.2. The van der Waals surface area contributed by atoms with Gasteiger partial charge in [0.05, 0.1) is 7.11 Å². The van der Waals surface area contributed by atoms with E-state index in [4.69, 9.17) is 4.74 Å². The van der Waals surface area contributed by atoms with E-state index in [0.717, 1.165) is 18.5 Å². The van der Waals surface area contributed by atoms with Gasteiger partial charge < -0.3 is 14.9 Å². The number of rotatable bonds is 4. The minimum absolute atomic E-state index is 0.0825. The molecule has 1 aromatic carbocycles. The lowest BCUT2D eigenvalue weighted by Gasteiger charge is -2.23. The van der Waals surface area contributed by atoms with Gasteiger partial charge in [-0.05, 0) is 36.6 Å². The van der Waals surface area contributed by atoms with Crippen molar-refractivity contribution in [3.8, 4) is 11.5 Å². The maximum absolute atomic E-state index is 11.3. The van der Waals surface area contributed by atoms with E-state index in [2.05, 4.69) is 0 Å². The average Bonchev–Trinajstić information content (AvgIpc) is 2.70. The van der Waals surface area contributed by atoms with Crippen LogP contribution in [0.2, 0.25) is 0 Å². The van der Waals surface area contributed by atoms with Crippen molar-refractivity contribution in [2.75, 3.05) is 13.7 Å². The van der Waals surface area contributed by atoms with Gasteiger partial charge in [0.15, 0.2) is 11.5 Å². The first-order valence-corrected chi connectivity index (χ1v) is 6.35. The Hall–Kier alpha value is -1.75. The highest BCUT2D eigenvalue weighted by Crippen LogP contribution is 2.30. The van der Waals surface area contributed by atoms with Crippen LogP contribution in [0.4, 0.5) is 0 Å². The van der Waals surface area contributed by atoms with Gasteiger partial charge >= 0.3 is 5.97 Å². The molecule has 1 heterocycles. The van der Waals surface area contributed by atoms with E-state index >= 15 is 0 Å². The number of likely N-dealkylation sites (tertiary alicyclic amines) is 1. The van der Waals surface area contributed by atoms with Gasteiger partial charge in [-0.15, -0.1) is 0 Å². The fourth-order valence-corrected chi connectivity index (χ4v) is 2.67. The molecule has 0 spiro atoms. The molecule has 2 unspecified atom stereocenters. The van der Waals surface area contributed by atoms with Crippen molar-refractivity contribution >= 4 is 5.97 Å². The maximum Gasteiger partial charge on any atom is 0.321 e. The molecular formula is C14H19NO4. The SMILES string of the molecule is COc1ccc(CN2CCC(C)C2C(=O)O)cc1O. The van der Waals surface area contributed by atoms with Crippen LogP contribution in [0.25, 0.3) is 0 Å². The summed E-state index contributed by atoms with van der Waals surface area (Å²) in [6, 6.07) is 4.73. The van der Waals surface area contributed by atoms with Gasteiger partial charge in [-0.2, -0.15) is 0 Å². The molecule has 0 bridgehead atoms. The first-order valence-electron chi connectivity index (χ1n) is 6.35. The number of carboxylic acids is 1. The molecule has 1 aromatic rings. The summed E-state index contributed by atoms with van der Waals surface area (Å²) < 4.78 is 4.99. The Labute approximate surface area is 112 Å². The lowest BCUT2D eigenvalue weighted by atomic mass is 10.0. The molecule has 1 aliphatic heterocycles. The summed E-state index contributed by atoms with van der Waals surface area (Å²) in [5.41, 5.74) is 0.888. The average molecular weight is 265 g/mol. The molecule has 0 saturated carbocycles. The first-order chi connectivity index (χ1) is 9.02. The Bertz CT molecular complexity index is 475. The lowest BCUT2D eigenvalue weighted by molar-refractivity contribution is -0.143. The number of phenols is 1. The number of benzene rings is 1. The number of carboxylic acid groups (broad SMARTS) is 1. The minimum atomic E-state index is -0.775. The van der Waals surface area contributed by atoms with E-state index in [1.165, 1.54) is 7.11 Å². The summed E-state index contributed by atoms with van der Waals surface area (Å²) in [6.07, 6.45) is 0.888. The van der Waals surface area contributed by atoms with Crippen molar-refractivity contribution in [1.82, 2.24) is 4.90 Å². The van der Waals surface area contributed by atoms with Gasteiger partial charge in [0.2, 0.25) is 0 Å². The normalized spacial score (nSPS) is 23.5. The topological polar surface area (TPSA) is 70.0 Å². The molecule has 19 heavy (non-hydrogen) atoms. The number of hydrogen-bond donors (Lipinski definition) is 2. The zero-order valence-electron chi connectivity index (χ0n) is 11.2. The van der Waals surface area contributed by atoms with Crippen molar-refractivity contribution in [3.05, 3.63) is 23.8 Å². The second-order valence-electron chi connectivity index (χ2n) is 5.03. The number of phenolic OH excluding ortho intramolecular Hbond substituents is 1. The molecule has 0 amide bonds. The third-order valence-electron chi connectivity index (χ3n) is 3.69. The molecular weight excluding hydrogens is 246 g/mol. The quantitative estimate of drug-likeness (QED) is 0.867. The Morgan fingerprint density at radius 2 is 2.26 bits per heavy atom. The number of carbonyl (C=O) groups is 1. The number of ether oxygens (including phenoxy) is 1. The fraction of sp³-hybridized carbons (Fsp3) is 0.500. The Balaban J connectivity index is 2.12. The second-order valence-corrected chi connectivity index (χ2v) is 5.03. The van der Waals surface area contributed by atoms with E-state index in [9.17, 15) is 15.0 Å². The van der Waals surface area contributed by atoms with Crippen molar-refractivity contribution in [3.63, 3.8) is 0 Å². The van der Waals surface area contributed by atoms with E-state index in [-0.39, 0.29) is 11.7 Å². The highest BCUT2D eigenvalue weighted by atomic mass is 16.5. The molecule has 0 aliphatic carbocycles. The van der Waals surface area contributed by atoms with Gasteiger partial charge in [-0.1, -0.05) is 13.0 Å². The largest absolute Gasteiger partial charge is 0.504 e. The highest BCUT2D eigenvalue weighted by Gasteiger charge is 2.36.